The number of hydrogen-bond donors (Lipinski definition) is 1. The van der Waals surface area contributed by atoms with E-state index in [1.165, 1.54) is 6.07 Å². The van der Waals surface area contributed by atoms with Crippen molar-refractivity contribution in [2.75, 3.05) is 0 Å². The molecule has 14 heavy (non-hydrogen) atoms. The molecule has 1 nitrogen and oxygen atoms in total. The normalized spacial score (nSPS) is 15.6. The molecule has 0 aromatic heterocycles. The van der Waals surface area contributed by atoms with Gasteiger partial charge in [0, 0.05) is 16.1 Å². The van der Waals surface area contributed by atoms with Crippen molar-refractivity contribution in [3.05, 3.63) is 34.6 Å². The second-order valence-electron chi connectivity index (χ2n) is 4.06. The van der Waals surface area contributed by atoms with E-state index in [-0.39, 0.29) is 11.7 Å². The minimum atomic E-state index is -0.658. The summed E-state index contributed by atoms with van der Waals surface area (Å²) in [6.45, 7) is 5.76. The van der Waals surface area contributed by atoms with Gasteiger partial charge in [-0.2, -0.15) is 0 Å². The Kier molecular flexibility index (Phi) is 3.17. The Bertz CT molecular complexity index is 334. The van der Waals surface area contributed by atoms with Gasteiger partial charge in [-0.05, 0) is 25.0 Å². The van der Waals surface area contributed by atoms with E-state index < -0.39 is 5.54 Å². The summed E-state index contributed by atoms with van der Waals surface area (Å²) in [5.74, 6) is -0.172. The predicted octanol–water partition coefficient (Wildman–Crippen LogP) is 3.31. The highest BCUT2D eigenvalue weighted by atomic mass is 35.5. The van der Waals surface area contributed by atoms with Gasteiger partial charge >= 0.3 is 0 Å². The number of nitrogens with two attached hydrogens (primary N) is 1. The zero-order valence-electron chi connectivity index (χ0n) is 8.64. The monoisotopic (exact) mass is 215 g/mol. The topological polar surface area (TPSA) is 26.0 Å². The Hall–Kier alpha value is -0.600. The van der Waals surface area contributed by atoms with Gasteiger partial charge in [-0.1, -0.05) is 31.5 Å². The van der Waals surface area contributed by atoms with Crippen LogP contribution in [0, 0.1) is 11.7 Å². The van der Waals surface area contributed by atoms with Crippen molar-refractivity contribution in [2.45, 2.75) is 26.3 Å². The van der Waals surface area contributed by atoms with Gasteiger partial charge in [0.25, 0.3) is 0 Å². The summed E-state index contributed by atoms with van der Waals surface area (Å²) in [5, 5.41) is 0.394. The maximum Gasteiger partial charge on any atom is 0.129 e. The van der Waals surface area contributed by atoms with E-state index in [4.69, 9.17) is 17.3 Å². The molecule has 0 spiro atoms. The third-order valence-electron chi connectivity index (χ3n) is 2.71. The number of benzene rings is 1. The van der Waals surface area contributed by atoms with Crippen LogP contribution < -0.4 is 5.73 Å². The van der Waals surface area contributed by atoms with Crippen LogP contribution in [0.5, 0.6) is 0 Å². The molecule has 0 aliphatic heterocycles. The van der Waals surface area contributed by atoms with Crippen molar-refractivity contribution in [2.24, 2.45) is 11.7 Å². The van der Waals surface area contributed by atoms with Crippen molar-refractivity contribution in [1.29, 1.82) is 0 Å². The molecule has 0 saturated heterocycles. The van der Waals surface area contributed by atoms with E-state index >= 15 is 0 Å². The van der Waals surface area contributed by atoms with E-state index in [1.807, 2.05) is 20.8 Å². The minimum Gasteiger partial charge on any atom is -0.321 e. The molecule has 2 N–H and O–H groups in total. The van der Waals surface area contributed by atoms with Crippen LogP contribution in [0.4, 0.5) is 4.39 Å². The van der Waals surface area contributed by atoms with Crippen LogP contribution in [0.1, 0.15) is 26.3 Å². The van der Waals surface area contributed by atoms with Gasteiger partial charge in [0.1, 0.15) is 5.82 Å². The van der Waals surface area contributed by atoms with Crippen LogP contribution in [0.3, 0.4) is 0 Å². The van der Waals surface area contributed by atoms with Crippen LogP contribution in [0.2, 0.25) is 5.02 Å². The minimum absolute atomic E-state index is 0.165. The molecule has 0 radical (unpaired) electrons. The van der Waals surface area contributed by atoms with E-state index in [0.29, 0.717) is 10.6 Å². The van der Waals surface area contributed by atoms with E-state index in [1.54, 1.807) is 12.1 Å². The van der Waals surface area contributed by atoms with Gasteiger partial charge < -0.3 is 5.73 Å². The maximum absolute atomic E-state index is 13.5. The van der Waals surface area contributed by atoms with Gasteiger partial charge in [-0.15, -0.1) is 0 Å². The van der Waals surface area contributed by atoms with Crippen molar-refractivity contribution < 1.29 is 4.39 Å². The molecule has 1 aromatic rings. The zero-order valence-corrected chi connectivity index (χ0v) is 9.40. The quantitative estimate of drug-likeness (QED) is 0.805. The molecule has 0 aliphatic rings. The first-order chi connectivity index (χ1) is 6.35. The predicted molar refractivity (Wildman–Crippen MR) is 57.8 cm³/mol. The zero-order chi connectivity index (χ0) is 10.9. The van der Waals surface area contributed by atoms with Crippen LogP contribution in [-0.2, 0) is 5.54 Å². The molecule has 0 amide bonds. The van der Waals surface area contributed by atoms with Gasteiger partial charge in [0.05, 0.1) is 0 Å². The Labute approximate surface area is 89.1 Å². The average Bonchev–Trinajstić information content (AvgIpc) is 2.02. The molecule has 1 atom stereocenters. The molecule has 0 heterocycles. The summed E-state index contributed by atoms with van der Waals surface area (Å²) in [6, 6.07) is 4.61. The van der Waals surface area contributed by atoms with E-state index in [9.17, 15) is 4.39 Å². The fourth-order valence-electron chi connectivity index (χ4n) is 1.24. The summed E-state index contributed by atoms with van der Waals surface area (Å²) in [4.78, 5) is 0. The second-order valence-corrected chi connectivity index (χ2v) is 4.50. The summed E-state index contributed by atoms with van der Waals surface area (Å²) < 4.78 is 13.5. The van der Waals surface area contributed by atoms with Crippen LogP contribution in [0.15, 0.2) is 18.2 Å². The Morgan fingerprint density at radius 2 is 2.00 bits per heavy atom. The molecule has 3 heteroatoms. The van der Waals surface area contributed by atoms with Crippen molar-refractivity contribution in [1.82, 2.24) is 0 Å². The molecule has 1 unspecified atom stereocenters. The molecule has 1 rings (SSSR count). The van der Waals surface area contributed by atoms with E-state index in [2.05, 4.69) is 0 Å². The van der Waals surface area contributed by atoms with Crippen LogP contribution >= 0.6 is 11.6 Å². The SMILES string of the molecule is CC(C)C(C)(N)c1ccc(Cl)cc1F. The number of rotatable bonds is 2. The fraction of sp³-hybridized carbons (Fsp3) is 0.455. The summed E-state index contributed by atoms with van der Waals surface area (Å²) in [7, 11) is 0. The van der Waals surface area contributed by atoms with Gasteiger partial charge in [-0.3, -0.25) is 0 Å². The molecule has 78 valence electrons. The summed E-state index contributed by atoms with van der Waals surface area (Å²) in [5.41, 5.74) is 5.90. The first kappa shape index (κ1) is 11.5. The second kappa shape index (κ2) is 3.87. The maximum atomic E-state index is 13.5. The van der Waals surface area contributed by atoms with Crippen molar-refractivity contribution in [3.63, 3.8) is 0 Å². The van der Waals surface area contributed by atoms with Gasteiger partial charge in [0.15, 0.2) is 0 Å². The lowest BCUT2D eigenvalue weighted by Gasteiger charge is -2.30. The van der Waals surface area contributed by atoms with Crippen LogP contribution in [-0.4, -0.2) is 0 Å². The van der Waals surface area contributed by atoms with Crippen molar-refractivity contribution >= 4 is 11.6 Å². The highest BCUT2D eigenvalue weighted by Crippen LogP contribution is 2.29. The fourth-order valence-corrected chi connectivity index (χ4v) is 1.40. The smallest absolute Gasteiger partial charge is 0.129 e. The summed E-state index contributed by atoms with van der Waals surface area (Å²) in [6.07, 6.45) is 0. The molecule has 0 bridgehead atoms. The molecular weight excluding hydrogens is 201 g/mol. The first-order valence-corrected chi connectivity index (χ1v) is 4.98. The van der Waals surface area contributed by atoms with Crippen molar-refractivity contribution in [3.8, 4) is 0 Å². The number of halogens is 2. The molecular formula is C11H15ClFN. The Morgan fingerprint density at radius 3 is 2.43 bits per heavy atom. The third-order valence-corrected chi connectivity index (χ3v) is 2.95. The molecule has 0 aliphatic carbocycles. The molecule has 1 aromatic carbocycles. The standard InChI is InChI=1S/C11H15ClFN/c1-7(2)11(3,14)9-5-4-8(12)6-10(9)13/h4-7H,14H2,1-3H3. The number of hydrogen-bond acceptors (Lipinski definition) is 1. The highest BCUT2D eigenvalue weighted by Gasteiger charge is 2.28. The highest BCUT2D eigenvalue weighted by molar-refractivity contribution is 6.30. The van der Waals surface area contributed by atoms with Gasteiger partial charge in [0.2, 0.25) is 0 Å². The average molecular weight is 216 g/mol. The lowest BCUT2D eigenvalue weighted by Crippen LogP contribution is -2.39. The lowest BCUT2D eigenvalue weighted by atomic mass is 9.82. The van der Waals surface area contributed by atoms with Crippen LogP contribution in [0.25, 0.3) is 0 Å². The largest absolute Gasteiger partial charge is 0.321 e. The Balaban J connectivity index is 3.19. The van der Waals surface area contributed by atoms with Gasteiger partial charge in [-0.25, -0.2) is 4.39 Å². The molecule has 0 saturated carbocycles. The lowest BCUT2D eigenvalue weighted by molar-refractivity contribution is 0.337. The Morgan fingerprint density at radius 1 is 1.43 bits per heavy atom. The molecule has 0 fully saturated rings. The summed E-state index contributed by atoms with van der Waals surface area (Å²) >= 11 is 5.67. The van der Waals surface area contributed by atoms with E-state index in [0.717, 1.165) is 0 Å². The third kappa shape index (κ3) is 2.07. The first-order valence-electron chi connectivity index (χ1n) is 4.60.